The summed E-state index contributed by atoms with van der Waals surface area (Å²) >= 11 is 0. The number of pyridine rings is 1. The van der Waals surface area contributed by atoms with Gasteiger partial charge in [-0.1, -0.05) is 0 Å². The standard InChI is InChI=1S/C20H21FN6O/c1-4-28-19-8-16(21)5-6-17(19)15-7-18(20-25-24-13(2)27(20)12-15)22-9-14-10-23-26(3)11-14/h5-8,10-12,22H,4,9H2,1-3H3. The van der Waals surface area contributed by atoms with Crippen molar-refractivity contribution in [2.45, 2.75) is 20.4 Å². The number of fused-ring (bicyclic) bond motifs is 1. The van der Waals surface area contributed by atoms with E-state index in [0.29, 0.717) is 18.9 Å². The van der Waals surface area contributed by atoms with Gasteiger partial charge in [0.2, 0.25) is 0 Å². The molecule has 0 bridgehead atoms. The Morgan fingerprint density at radius 3 is 2.79 bits per heavy atom. The van der Waals surface area contributed by atoms with Crippen LogP contribution in [0.25, 0.3) is 16.8 Å². The molecule has 144 valence electrons. The van der Waals surface area contributed by atoms with Crippen LogP contribution < -0.4 is 10.1 Å². The molecule has 0 saturated carbocycles. The summed E-state index contributed by atoms with van der Waals surface area (Å²) in [7, 11) is 1.88. The second-order valence-corrected chi connectivity index (χ2v) is 6.53. The van der Waals surface area contributed by atoms with E-state index >= 15 is 0 Å². The highest BCUT2D eigenvalue weighted by atomic mass is 19.1. The maximum atomic E-state index is 13.7. The molecule has 0 fully saturated rings. The first-order valence-electron chi connectivity index (χ1n) is 9.04. The maximum absolute atomic E-state index is 13.7. The average molecular weight is 380 g/mol. The molecule has 4 aromatic rings. The molecule has 0 saturated heterocycles. The van der Waals surface area contributed by atoms with Crippen molar-refractivity contribution in [3.63, 3.8) is 0 Å². The topological polar surface area (TPSA) is 69.3 Å². The summed E-state index contributed by atoms with van der Waals surface area (Å²) in [5.74, 6) is 0.941. The Kier molecular flexibility index (Phi) is 4.68. The molecule has 4 rings (SSSR count). The zero-order chi connectivity index (χ0) is 19.7. The largest absolute Gasteiger partial charge is 0.493 e. The van der Waals surface area contributed by atoms with E-state index in [2.05, 4.69) is 20.6 Å². The predicted octanol–water partition coefficient (Wildman–Crippen LogP) is 3.59. The third-order valence-corrected chi connectivity index (χ3v) is 4.47. The van der Waals surface area contributed by atoms with Gasteiger partial charge in [-0.2, -0.15) is 5.10 Å². The van der Waals surface area contributed by atoms with E-state index in [9.17, 15) is 4.39 Å². The van der Waals surface area contributed by atoms with Crippen molar-refractivity contribution in [3.8, 4) is 16.9 Å². The summed E-state index contributed by atoms with van der Waals surface area (Å²) in [4.78, 5) is 0. The third kappa shape index (κ3) is 3.40. The van der Waals surface area contributed by atoms with Gasteiger partial charge in [0, 0.05) is 48.7 Å². The van der Waals surface area contributed by atoms with Gasteiger partial charge in [-0.15, -0.1) is 10.2 Å². The first-order chi connectivity index (χ1) is 13.5. The molecule has 7 nitrogen and oxygen atoms in total. The Morgan fingerprint density at radius 2 is 2.04 bits per heavy atom. The molecular weight excluding hydrogens is 359 g/mol. The summed E-state index contributed by atoms with van der Waals surface area (Å²) in [6.07, 6.45) is 5.71. The van der Waals surface area contributed by atoms with E-state index in [4.69, 9.17) is 4.74 Å². The minimum Gasteiger partial charge on any atom is -0.493 e. The first-order valence-corrected chi connectivity index (χ1v) is 9.04. The fourth-order valence-electron chi connectivity index (χ4n) is 3.15. The Morgan fingerprint density at radius 1 is 1.18 bits per heavy atom. The van der Waals surface area contributed by atoms with Crippen LogP contribution in [0.1, 0.15) is 18.3 Å². The first kappa shape index (κ1) is 18.0. The number of rotatable bonds is 6. The van der Waals surface area contributed by atoms with Gasteiger partial charge in [-0.05, 0) is 32.0 Å². The van der Waals surface area contributed by atoms with Crippen molar-refractivity contribution in [3.05, 3.63) is 60.1 Å². The lowest BCUT2D eigenvalue weighted by molar-refractivity contribution is 0.339. The van der Waals surface area contributed by atoms with Gasteiger partial charge in [0.25, 0.3) is 0 Å². The van der Waals surface area contributed by atoms with E-state index in [1.807, 2.05) is 50.0 Å². The summed E-state index contributed by atoms with van der Waals surface area (Å²) in [6, 6.07) is 6.55. The van der Waals surface area contributed by atoms with Crippen molar-refractivity contribution >= 4 is 11.3 Å². The second-order valence-electron chi connectivity index (χ2n) is 6.53. The molecule has 0 aliphatic carbocycles. The molecule has 0 aliphatic rings. The number of nitrogens with zero attached hydrogens (tertiary/aromatic N) is 5. The molecule has 28 heavy (non-hydrogen) atoms. The van der Waals surface area contributed by atoms with Gasteiger partial charge in [-0.25, -0.2) is 4.39 Å². The number of aryl methyl sites for hydroxylation is 2. The molecule has 8 heteroatoms. The maximum Gasteiger partial charge on any atom is 0.184 e. The minimum atomic E-state index is -0.330. The zero-order valence-corrected chi connectivity index (χ0v) is 16.0. The number of hydrogen-bond acceptors (Lipinski definition) is 5. The van der Waals surface area contributed by atoms with Crippen LogP contribution >= 0.6 is 0 Å². The Hall–Kier alpha value is -3.42. The summed E-state index contributed by atoms with van der Waals surface area (Å²) in [5, 5.41) is 16.1. The molecule has 0 spiro atoms. The molecule has 1 N–H and O–H groups in total. The van der Waals surface area contributed by atoms with Crippen molar-refractivity contribution in [1.29, 1.82) is 0 Å². The summed E-state index contributed by atoms with van der Waals surface area (Å²) < 4.78 is 23.1. The van der Waals surface area contributed by atoms with E-state index < -0.39 is 0 Å². The highest BCUT2D eigenvalue weighted by Crippen LogP contribution is 2.33. The van der Waals surface area contributed by atoms with Gasteiger partial charge >= 0.3 is 0 Å². The Labute approximate surface area is 161 Å². The van der Waals surface area contributed by atoms with E-state index in [1.165, 1.54) is 12.1 Å². The van der Waals surface area contributed by atoms with Gasteiger partial charge in [0.1, 0.15) is 17.4 Å². The van der Waals surface area contributed by atoms with Crippen LogP contribution in [0, 0.1) is 12.7 Å². The van der Waals surface area contributed by atoms with Crippen LogP contribution in [0.5, 0.6) is 5.75 Å². The Bertz CT molecular complexity index is 1130. The highest BCUT2D eigenvalue weighted by molar-refractivity contribution is 5.79. The molecule has 0 atom stereocenters. The zero-order valence-electron chi connectivity index (χ0n) is 16.0. The monoisotopic (exact) mass is 380 g/mol. The molecular formula is C20H21FN6O. The van der Waals surface area contributed by atoms with Crippen molar-refractivity contribution in [2.75, 3.05) is 11.9 Å². The number of benzene rings is 1. The number of anilines is 1. The lowest BCUT2D eigenvalue weighted by Crippen LogP contribution is -2.03. The average Bonchev–Trinajstić information content (AvgIpc) is 3.26. The third-order valence-electron chi connectivity index (χ3n) is 4.47. The number of halogens is 1. The lowest BCUT2D eigenvalue weighted by atomic mass is 10.1. The van der Waals surface area contributed by atoms with Crippen LogP contribution in [0.2, 0.25) is 0 Å². The molecule has 0 aliphatic heterocycles. The number of aromatic nitrogens is 5. The van der Waals surface area contributed by atoms with Crippen LogP contribution in [0.3, 0.4) is 0 Å². The predicted molar refractivity (Wildman–Crippen MR) is 105 cm³/mol. The number of ether oxygens (including phenoxy) is 1. The van der Waals surface area contributed by atoms with Crippen LogP contribution in [0.15, 0.2) is 42.9 Å². The van der Waals surface area contributed by atoms with Crippen LogP contribution in [-0.4, -0.2) is 31.0 Å². The molecule has 1 aromatic carbocycles. The normalized spacial score (nSPS) is 11.1. The van der Waals surface area contributed by atoms with Gasteiger partial charge in [0.15, 0.2) is 5.65 Å². The van der Waals surface area contributed by atoms with Gasteiger partial charge < -0.3 is 10.1 Å². The van der Waals surface area contributed by atoms with E-state index in [-0.39, 0.29) is 5.82 Å². The quantitative estimate of drug-likeness (QED) is 0.554. The molecule has 3 aromatic heterocycles. The smallest absolute Gasteiger partial charge is 0.184 e. The molecule has 0 amide bonds. The molecule has 0 unspecified atom stereocenters. The van der Waals surface area contributed by atoms with Crippen LogP contribution in [-0.2, 0) is 13.6 Å². The fourth-order valence-corrected chi connectivity index (χ4v) is 3.15. The summed E-state index contributed by atoms with van der Waals surface area (Å²) in [6.45, 7) is 4.82. The van der Waals surface area contributed by atoms with Crippen molar-refractivity contribution < 1.29 is 9.13 Å². The van der Waals surface area contributed by atoms with Gasteiger partial charge in [0.05, 0.1) is 18.5 Å². The van der Waals surface area contributed by atoms with Crippen molar-refractivity contribution in [2.24, 2.45) is 7.05 Å². The fraction of sp³-hybridized carbons (Fsp3) is 0.250. The number of hydrogen-bond donors (Lipinski definition) is 1. The minimum absolute atomic E-state index is 0.330. The SMILES string of the molecule is CCOc1cc(F)ccc1-c1cc(NCc2cnn(C)c2)c2nnc(C)n2c1. The lowest BCUT2D eigenvalue weighted by Gasteiger charge is -2.14. The van der Waals surface area contributed by atoms with Crippen molar-refractivity contribution in [1.82, 2.24) is 24.4 Å². The molecule has 3 heterocycles. The molecule has 0 radical (unpaired) electrons. The second kappa shape index (κ2) is 7.30. The van der Waals surface area contributed by atoms with Gasteiger partial charge in [-0.3, -0.25) is 9.08 Å². The Balaban J connectivity index is 1.78. The van der Waals surface area contributed by atoms with E-state index in [1.54, 1.807) is 10.7 Å². The summed E-state index contributed by atoms with van der Waals surface area (Å²) in [5.41, 5.74) is 4.30. The number of nitrogens with one attached hydrogen (secondary N) is 1. The van der Waals surface area contributed by atoms with E-state index in [0.717, 1.165) is 33.8 Å². The van der Waals surface area contributed by atoms with Crippen LogP contribution in [0.4, 0.5) is 10.1 Å². The highest BCUT2D eigenvalue weighted by Gasteiger charge is 2.14.